The molecular weight excluding hydrogens is 228 g/mol. The van der Waals surface area contributed by atoms with Crippen LogP contribution < -0.4 is 10.2 Å². The van der Waals surface area contributed by atoms with Gasteiger partial charge in [-0.3, -0.25) is 0 Å². The summed E-state index contributed by atoms with van der Waals surface area (Å²) in [6, 6.07) is 5.75. The number of nitrogens with zero attached hydrogens (tertiary/aromatic N) is 3. The summed E-state index contributed by atoms with van der Waals surface area (Å²) in [5, 5.41) is 12.3. The van der Waals surface area contributed by atoms with Gasteiger partial charge < -0.3 is 15.0 Å². The molecule has 18 heavy (non-hydrogen) atoms. The molecule has 0 bridgehead atoms. The van der Waals surface area contributed by atoms with Crippen molar-refractivity contribution in [2.24, 2.45) is 0 Å². The number of morpholine rings is 1. The first kappa shape index (κ1) is 12.8. The second-order valence-electron chi connectivity index (χ2n) is 4.54. The molecule has 1 saturated heterocycles. The first-order chi connectivity index (χ1) is 8.69. The molecule has 5 nitrogen and oxygen atoms in total. The van der Waals surface area contributed by atoms with Crippen LogP contribution in [0.15, 0.2) is 12.1 Å². The van der Waals surface area contributed by atoms with Crippen LogP contribution in [0.2, 0.25) is 0 Å². The predicted molar refractivity (Wildman–Crippen MR) is 69.6 cm³/mol. The molecule has 1 fully saturated rings. The first-order valence-electron chi connectivity index (χ1n) is 6.11. The third-order valence-corrected chi connectivity index (χ3v) is 2.94. The van der Waals surface area contributed by atoms with Crippen molar-refractivity contribution in [3.63, 3.8) is 0 Å². The van der Waals surface area contributed by atoms with Crippen LogP contribution in [-0.2, 0) is 4.74 Å². The highest BCUT2D eigenvalue weighted by Crippen LogP contribution is 2.14. The van der Waals surface area contributed by atoms with Crippen molar-refractivity contribution < 1.29 is 4.74 Å². The standard InChI is InChI=1S/C13H18N4O/c1-10-5-11(7-14)6-13(16-10)17(2)9-12-8-15-3-4-18-12/h5-6,12,15H,3-4,8-9H2,1-2H3. The lowest BCUT2D eigenvalue weighted by atomic mass is 10.2. The molecule has 1 aromatic rings. The van der Waals surface area contributed by atoms with Crippen molar-refractivity contribution in [3.8, 4) is 6.07 Å². The quantitative estimate of drug-likeness (QED) is 0.850. The third kappa shape index (κ3) is 3.19. The van der Waals surface area contributed by atoms with Gasteiger partial charge in [0.2, 0.25) is 0 Å². The van der Waals surface area contributed by atoms with Gasteiger partial charge in [-0.25, -0.2) is 4.98 Å². The average Bonchev–Trinajstić information content (AvgIpc) is 2.39. The number of aryl methyl sites for hydroxylation is 1. The summed E-state index contributed by atoms with van der Waals surface area (Å²) in [4.78, 5) is 6.48. The van der Waals surface area contributed by atoms with E-state index in [-0.39, 0.29) is 6.10 Å². The number of nitrogens with one attached hydrogen (secondary N) is 1. The van der Waals surface area contributed by atoms with E-state index >= 15 is 0 Å². The van der Waals surface area contributed by atoms with E-state index in [1.807, 2.05) is 24.9 Å². The number of likely N-dealkylation sites (N-methyl/N-ethyl adjacent to an activating group) is 1. The first-order valence-corrected chi connectivity index (χ1v) is 6.11. The number of aromatic nitrogens is 1. The molecule has 5 heteroatoms. The van der Waals surface area contributed by atoms with E-state index in [1.165, 1.54) is 0 Å². The van der Waals surface area contributed by atoms with E-state index in [2.05, 4.69) is 16.4 Å². The van der Waals surface area contributed by atoms with Gasteiger partial charge in [0.1, 0.15) is 5.82 Å². The monoisotopic (exact) mass is 246 g/mol. The van der Waals surface area contributed by atoms with Crippen molar-refractivity contribution in [1.82, 2.24) is 10.3 Å². The van der Waals surface area contributed by atoms with E-state index in [0.717, 1.165) is 37.8 Å². The molecule has 0 aromatic carbocycles. The number of rotatable bonds is 3. The molecule has 0 aliphatic carbocycles. The summed E-state index contributed by atoms with van der Waals surface area (Å²) in [6.45, 7) is 5.21. The lowest BCUT2D eigenvalue weighted by Crippen LogP contribution is -2.44. The minimum absolute atomic E-state index is 0.177. The zero-order valence-corrected chi connectivity index (χ0v) is 10.8. The predicted octanol–water partition coefficient (Wildman–Crippen LogP) is 0.686. The van der Waals surface area contributed by atoms with Gasteiger partial charge in [-0.15, -0.1) is 0 Å². The molecular formula is C13H18N4O. The molecule has 1 aromatic heterocycles. The highest BCUT2D eigenvalue weighted by Gasteiger charge is 2.16. The zero-order chi connectivity index (χ0) is 13.0. The number of hydrogen-bond acceptors (Lipinski definition) is 5. The van der Waals surface area contributed by atoms with Gasteiger partial charge in [0.15, 0.2) is 0 Å². The number of hydrogen-bond donors (Lipinski definition) is 1. The molecule has 1 aliphatic heterocycles. The molecule has 1 aliphatic rings. The van der Waals surface area contributed by atoms with E-state index < -0.39 is 0 Å². The van der Waals surface area contributed by atoms with Gasteiger partial charge in [0, 0.05) is 32.4 Å². The summed E-state index contributed by atoms with van der Waals surface area (Å²) < 4.78 is 5.66. The molecule has 0 spiro atoms. The van der Waals surface area contributed by atoms with E-state index in [0.29, 0.717) is 5.56 Å². The normalized spacial score (nSPS) is 19.3. The number of ether oxygens (including phenoxy) is 1. The van der Waals surface area contributed by atoms with Gasteiger partial charge in [-0.2, -0.15) is 5.26 Å². The summed E-state index contributed by atoms with van der Waals surface area (Å²) >= 11 is 0. The molecule has 1 atom stereocenters. The van der Waals surface area contributed by atoms with Gasteiger partial charge in [-0.05, 0) is 19.1 Å². The lowest BCUT2D eigenvalue weighted by Gasteiger charge is -2.28. The summed E-state index contributed by atoms with van der Waals surface area (Å²) in [6.07, 6.45) is 0.177. The maximum Gasteiger partial charge on any atom is 0.129 e. The Kier molecular flexibility index (Phi) is 4.13. The largest absolute Gasteiger partial charge is 0.374 e. The van der Waals surface area contributed by atoms with Crippen LogP contribution in [0.3, 0.4) is 0 Å². The molecule has 2 rings (SSSR count). The number of nitriles is 1. The van der Waals surface area contributed by atoms with Crippen molar-refractivity contribution in [2.75, 3.05) is 38.2 Å². The zero-order valence-electron chi connectivity index (χ0n) is 10.8. The van der Waals surface area contributed by atoms with E-state index in [4.69, 9.17) is 10.00 Å². The second kappa shape index (κ2) is 5.80. The smallest absolute Gasteiger partial charge is 0.129 e. The fraction of sp³-hybridized carbons (Fsp3) is 0.538. The topological polar surface area (TPSA) is 61.2 Å². The molecule has 96 valence electrons. The highest BCUT2D eigenvalue weighted by molar-refractivity contribution is 5.46. The van der Waals surface area contributed by atoms with Crippen molar-refractivity contribution in [2.45, 2.75) is 13.0 Å². The second-order valence-corrected chi connectivity index (χ2v) is 4.54. The minimum Gasteiger partial charge on any atom is -0.374 e. The Morgan fingerprint density at radius 1 is 1.61 bits per heavy atom. The van der Waals surface area contributed by atoms with Crippen LogP contribution in [0.25, 0.3) is 0 Å². The Bertz CT molecular complexity index is 449. The van der Waals surface area contributed by atoms with Crippen LogP contribution in [0.1, 0.15) is 11.3 Å². The maximum absolute atomic E-state index is 8.96. The fourth-order valence-electron chi connectivity index (χ4n) is 2.05. The summed E-state index contributed by atoms with van der Waals surface area (Å²) in [5.41, 5.74) is 1.51. The van der Waals surface area contributed by atoms with Crippen LogP contribution in [0, 0.1) is 18.3 Å². The molecule has 2 heterocycles. The molecule has 0 saturated carbocycles. The van der Waals surface area contributed by atoms with Crippen molar-refractivity contribution >= 4 is 5.82 Å². The molecule has 1 N–H and O–H groups in total. The average molecular weight is 246 g/mol. The molecule has 0 radical (unpaired) electrons. The Labute approximate surface area is 107 Å². The van der Waals surface area contributed by atoms with Gasteiger partial charge in [0.25, 0.3) is 0 Å². The van der Waals surface area contributed by atoms with Crippen molar-refractivity contribution in [1.29, 1.82) is 5.26 Å². The van der Waals surface area contributed by atoms with E-state index in [1.54, 1.807) is 6.07 Å². The van der Waals surface area contributed by atoms with Gasteiger partial charge >= 0.3 is 0 Å². The number of anilines is 1. The highest BCUT2D eigenvalue weighted by atomic mass is 16.5. The van der Waals surface area contributed by atoms with Crippen LogP contribution in [0.4, 0.5) is 5.82 Å². The van der Waals surface area contributed by atoms with Gasteiger partial charge in [0.05, 0.1) is 24.3 Å². The van der Waals surface area contributed by atoms with Crippen LogP contribution in [0.5, 0.6) is 0 Å². The third-order valence-electron chi connectivity index (χ3n) is 2.94. The van der Waals surface area contributed by atoms with E-state index in [9.17, 15) is 0 Å². The Morgan fingerprint density at radius 3 is 3.11 bits per heavy atom. The molecule has 0 amide bonds. The minimum atomic E-state index is 0.177. The maximum atomic E-state index is 8.96. The molecule has 1 unspecified atom stereocenters. The van der Waals surface area contributed by atoms with Crippen LogP contribution in [-0.4, -0.2) is 44.4 Å². The SMILES string of the molecule is Cc1cc(C#N)cc(N(C)CC2CNCCO2)n1. The van der Waals surface area contributed by atoms with Crippen molar-refractivity contribution in [3.05, 3.63) is 23.4 Å². The summed E-state index contributed by atoms with van der Waals surface area (Å²) in [7, 11) is 1.97. The Hall–Kier alpha value is -1.64. The fourth-order valence-corrected chi connectivity index (χ4v) is 2.05. The Balaban J connectivity index is 2.05. The number of pyridine rings is 1. The van der Waals surface area contributed by atoms with Crippen LogP contribution >= 0.6 is 0 Å². The lowest BCUT2D eigenvalue weighted by molar-refractivity contribution is 0.0339. The Morgan fingerprint density at radius 2 is 2.44 bits per heavy atom. The van der Waals surface area contributed by atoms with Gasteiger partial charge in [-0.1, -0.05) is 0 Å². The summed E-state index contributed by atoms with van der Waals surface area (Å²) in [5.74, 6) is 0.820.